The maximum atomic E-state index is 14.6. The summed E-state index contributed by atoms with van der Waals surface area (Å²) in [6.07, 6.45) is 0.248. The first-order valence-corrected chi connectivity index (χ1v) is 17.0. The lowest BCUT2D eigenvalue weighted by Gasteiger charge is -2.35. The van der Waals surface area contributed by atoms with Crippen LogP contribution in [0.25, 0.3) is 0 Å². The van der Waals surface area contributed by atoms with Gasteiger partial charge in [0.1, 0.15) is 12.6 Å². The van der Waals surface area contributed by atoms with Crippen molar-refractivity contribution in [3.05, 3.63) is 130 Å². The van der Waals surface area contributed by atoms with E-state index in [0.29, 0.717) is 5.69 Å². The predicted octanol–water partition coefficient (Wildman–Crippen LogP) is 6.82. The molecule has 2 amide bonds. The Hall–Kier alpha value is -3.95. The molecule has 4 aromatic carbocycles. The molecule has 0 aliphatic carbocycles. The predicted molar refractivity (Wildman–Crippen MR) is 183 cm³/mol. The van der Waals surface area contributed by atoms with Crippen LogP contribution in [0.5, 0.6) is 0 Å². The van der Waals surface area contributed by atoms with Crippen LogP contribution in [0.15, 0.2) is 112 Å². The number of anilines is 1. The molecule has 45 heavy (non-hydrogen) atoms. The number of sulfonamides is 1. The van der Waals surface area contributed by atoms with E-state index in [1.165, 1.54) is 4.90 Å². The van der Waals surface area contributed by atoms with E-state index < -0.39 is 34.1 Å². The van der Waals surface area contributed by atoms with Crippen LogP contribution in [0.1, 0.15) is 43.0 Å². The largest absolute Gasteiger partial charge is 0.350 e. The third kappa shape index (κ3) is 9.28. The summed E-state index contributed by atoms with van der Waals surface area (Å²) in [4.78, 5) is 30.1. The molecule has 4 rings (SSSR count). The Morgan fingerprint density at radius 3 is 2.07 bits per heavy atom. The van der Waals surface area contributed by atoms with Crippen LogP contribution in [0.2, 0.25) is 0 Å². The molecule has 9 heteroatoms. The molecule has 1 atom stereocenters. The number of nitrogens with zero attached hydrogens (tertiary/aromatic N) is 2. The Labute approximate surface area is 275 Å². The van der Waals surface area contributed by atoms with Crippen LogP contribution in [-0.2, 0) is 32.6 Å². The Balaban J connectivity index is 1.82. The Bertz CT molecular complexity index is 1740. The van der Waals surface area contributed by atoms with E-state index in [1.807, 2.05) is 95.3 Å². The highest BCUT2D eigenvalue weighted by Crippen LogP contribution is 2.26. The molecule has 236 valence electrons. The van der Waals surface area contributed by atoms with E-state index >= 15 is 0 Å². The molecule has 0 aliphatic rings. The SMILES string of the molecule is Cc1ccc(S(=O)(=O)N(CC(=O)N(Cc2cccc(Br)c2)C(Cc2ccccc2)C(=O)NC(C)(C)C)c2cccc(C)c2)cc1. The van der Waals surface area contributed by atoms with Gasteiger partial charge in [-0.3, -0.25) is 13.9 Å². The van der Waals surface area contributed by atoms with Gasteiger partial charge in [-0.1, -0.05) is 88.2 Å². The first-order chi connectivity index (χ1) is 21.2. The van der Waals surface area contributed by atoms with Crippen LogP contribution in [0.3, 0.4) is 0 Å². The van der Waals surface area contributed by atoms with Crippen LogP contribution in [0, 0.1) is 13.8 Å². The normalized spacial score (nSPS) is 12.3. The molecule has 0 aromatic heterocycles. The van der Waals surface area contributed by atoms with Crippen LogP contribution in [-0.4, -0.2) is 43.3 Å². The molecule has 7 nitrogen and oxygen atoms in total. The summed E-state index contributed by atoms with van der Waals surface area (Å²) in [6, 6.07) is 29.7. The number of benzene rings is 4. The molecule has 1 N–H and O–H groups in total. The van der Waals surface area contributed by atoms with Crippen molar-refractivity contribution >= 4 is 43.5 Å². The fourth-order valence-electron chi connectivity index (χ4n) is 4.99. The first-order valence-electron chi connectivity index (χ1n) is 14.8. The standard InChI is InChI=1S/C36H40BrN3O4S/c1-26-17-19-32(20-18-26)45(43,44)40(31-16-9-11-27(2)21-31)25-34(41)39(24-29-14-10-15-30(37)22-29)33(35(42)38-36(3,4)5)23-28-12-7-6-8-13-28/h6-22,33H,23-25H2,1-5H3,(H,38,42). The highest BCUT2D eigenvalue weighted by atomic mass is 79.9. The number of halogens is 1. The van der Waals surface area contributed by atoms with Crippen molar-refractivity contribution in [2.75, 3.05) is 10.8 Å². The number of hydrogen-bond acceptors (Lipinski definition) is 4. The van der Waals surface area contributed by atoms with Crippen LogP contribution < -0.4 is 9.62 Å². The van der Waals surface area contributed by atoms with Gasteiger partial charge in [0, 0.05) is 23.0 Å². The van der Waals surface area contributed by atoms with Gasteiger partial charge >= 0.3 is 0 Å². The maximum Gasteiger partial charge on any atom is 0.264 e. The number of hydrogen-bond donors (Lipinski definition) is 1. The van der Waals surface area contributed by atoms with E-state index in [9.17, 15) is 18.0 Å². The second kappa shape index (κ2) is 14.4. The molecule has 0 bridgehead atoms. The number of aryl methyl sites for hydroxylation is 2. The summed E-state index contributed by atoms with van der Waals surface area (Å²) in [6.45, 7) is 9.01. The van der Waals surface area contributed by atoms with Crippen molar-refractivity contribution < 1.29 is 18.0 Å². The van der Waals surface area contributed by atoms with Gasteiger partial charge in [-0.15, -0.1) is 0 Å². The van der Waals surface area contributed by atoms with Gasteiger partial charge in [-0.2, -0.15) is 0 Å². The zero-order valence-electron chi connectivity index (χ0n) is 26.3. The van der Waals surface area contributed by atoms with Crippen LogP contribution >= 0.6 is 15.9 Å². The summed E-state index contributed by atoms with van der Waals surface area (Å²) in [5, 5.41) is 3.05. The van der Waals surface area contributed by atoms with Crippen molar-refractivity contribution in [2.45, 2.75) is 64.1 Å². The zero-order chi connectivity index (χ0) is 32.8. The molecule has 0 aliphatic heterocycles. The first kappa shape index (κ1) is 33.9. The third-order valence-corrected chi connectivity index (χ3v) is 9.47. The maximum absolute atomic E-state index is 14.6. The van der Waals surface area contributed by atoms with Crippen LogP contribution in [0.4, 0.5) is 5.69 Å². The zero-order valence-corrected chi connectivity index (χ0v) is 28.7. The molecule has 0 saturated carbocycles. The quantitative estimate of drug-likeness (QED) is 0.187. The molecule has 0 radical (unpaired) electrons. The Morgan fingerprint density at radius 1 is 0.800 bits per heavy atom. The second-order valence-electron chi connectivity index (χ2n) is 12.3. The lowest BCUT2D eigenvalue weighted by atomic mass is 10.0. The van der Waals surface area contributed by atoms with Gasteiger partial charge < -0.3 is 10.2 Å². The van der Waals surface area contributed by atoms with Crippen molar-refractivity contribution in [1.29, 1.82) is 0 Å². The van der Waals surface area contributed by atoms with Gasteiger partial charge in [-0.05, 0) is 87.7 Å². The summed E-state index contributed by atoms with van der Waals surface area (Å²) >= 11 is 3.51. The third-order valence-electron chi connectivity index (χ3n) is 7.19. The monoisotopic (exact) mass is 689 g/mol. The molecule has 0 spiro atoms. The Morgan fingerprint density at radius 2 is 1.44 bits per heavy atom. The summed E-state index contributed by atoms with van der Waals surface area (Å²) in [5.74, 6) is -0.824. The van der Waals surface area contributed by atoms with E-state index in [4.69, 9.17) is 0 Å². The molecule has 0 fully saturated rings. The average Bonchev–Trinajstić information content (AvgIpc) is 2.97. The smallest absolute Gasteiger partial charge is 0.264 e. The van der Waals surface area contributed by atoms with Crippen molar-refractivity contribution in [2.24, 2.45) is 0 Å². The molecular weight excluding hydrogens is 650 g/mol. The van der Waals surface area contributed by atoms with Crippen molar-refractivity contribution in [1.82, 2.24) is 10.2 Å². The highest BCUT2D eigenvalue weighted by Gasteiger charge is 2.35. The van der Waals surface area contributed by atoms with E-state index in [1.54, 1.807) is 42.5 Å². The minimum absolute atomic E-state index is 0.0762. The van der Waals surface area contributed by atoms with Gasteiger partial charge in [0.2, 0.25) is 11.8 Å². The van der Waals surface area contributed by atoms with E-state index in [-0.39, 0.29) is 23.8 Å². The van der Waals surface area contributed by atoms with E-state index in [2.05, 4.69) is 21.2 Å². The minimum Gasteiger partial charge on any atom is -0.350 e. The Kier molecular flexibility index (Phi) is 10.9. The van der Waals surface area contributed by atoms with Gasteiger partial charge in [0.05, 0.1) is 10.6 Å². The topological polar surface area (TPSA) is 86.8 Å². The number of carbonyl (C=O) groups is 2. The molecule has 0 heterocycles. The number of nitrogens with one attached hydrogen (secondary N) is 1. The number of amides is 2. The summed E-state index contributed by atoms with van der Waals surface area (Å²) in [7, 11) is -4.15. The summed E-state index contributed by atoms with van der Waals surface area (Å²) in [5.41, 5.74) is 3.25. The minimum atomic E-state index is -4.15. The fourth-order valence-corrected chi connectivity index (χ4v) is 6.84. The fraction of sp³-hybridized carbons (Fsp3) is 0.278. The second-order valence-corrected chi connectivity index (χ2v) is 15.0. The lowest BCUT2D eigenvalue weighted by molar-refractivity contribution is -0.140. The molecule has 1 unspecified atom stereocenters. The molecule has 4 aromatic rings. The molecule has 0 saturated heterocycles. The number of rotatable bonds is 11. The number of carbonyl (C=O) groups excluding carboxylic acids is 2. The molecular formula is C36H40BrN3O4S. The highest BCUT2D eigenvalue weighted by molar-refractivity contribution is 9.10. The van der Waals surface area contributed by atoms with Crippen molar-refractivity contribution in [3.63, 3.8) is 0 Å². The lowest BCUT2D eigenvalue weighted by Crippen LogP contribution is -2.56. The van der Waals surface area contributed by atoms with Gasteiger partial charge in [0.25, 0.3) is 10.0 Å². The average molecular weight is 691 g/mol. The van der Waals surface area contributed by atoms with Gasteiger partial charge in [-0.25, -0.2) is 8.42 Å². The summed E-state index contributed by atoms with van der Waals surface area (Å²) < 4.78 is 30.3. The van der Waals surface area contributed by atoms with Gasteiger partial charge in [0.15, 0.2) is 0 Å². The van der Waals surface area contributed by atoms with Crippen molar-refractivity contribution in [3.8, 4) is 0 Å². The van der Waals surface area contributed by atoms with E-state index in [0.717, 1.165) is 31.0 Å².